The van der Waals surface area contributed by atoms with Gasteiger partial charge in [-0.05, 0) is 37.5 Å². The summed E-state index contributed by atoms with van der Waals surface area (Å²) in [4.78, 5) is 12.5. The first kappa shape index (κ1) is 15.6. The predicted molar refractivity (Wildman–Crippen MR) is 79.2 cm³/mol. The van der Waals surface area contributed by atoms with Crippen molar-refractivity contribution in [2.45, 2.75) is 44.1 Å². The smallest absolute Gasteiger partial charge is 0.319 e. The van der Waals surface area contributed by atoms with Crippen LogP contribution in [0.3, 0.4) is 0 Å². The third kappa shape index (κ3) is 2.67. The second-order valence-corrected chi connectivity index (χ2v) is 5.90. The molecular weight excluding hydrogens is 299 g/mol. The number of halogens is 2. The molecule has 1 aliphatic rings. The van der Waals surface area contributed by atoms with Crippen LogP contribution in [0.2, 0.25) is 10.0 Å². The van der Waals surface area contributed by atoms with Gasteiger partial charge in [-0.2, -0.15) is 0 Å². The molecule has 2 atom stereocenters. The molecule has 0 spiro atoms. The van der Waals surface area contributed by atoms with Crippen molar-refractivity contribution in [3.8, 4) is 0 Å². The van der Waals surface area contributed by atoms with Crippen molar-refractivity contribution in [1.82, 2.24) is 0 Å². The van der Waals surface area contributed by atoms with E-state index >= 15 is 0 Å². The van der Waals surface area contributed by atoms with E-state index in [9.17, 15) is 9.90 Å². The molecule has 2 unspecified atom stereocenters. The van der Waals surface area contributed by atoms with Crippen LogP contribution in [0.5, 0.6) is 0 Å². The lowest BCUT2D eigenvalue weighted by Crippen LogP contribution is -2.49. The number of rotatable bonds is 3. The Bertz CT molecular complexity index is 504. The van der Waals surface area contributed by atoms with Crippen LogP contribution in [0.1, 0.15) is 38.2 Å². The molecule has 1 saturated carbocycles. The highest BCUT2D eigenvalue weighted by Crippen LogP contribution is 2.42. The average molecular weight is 317 g/mol. The SMILES string of the molecule is CCOC(=O)C1(c2ccc(Cl)c(Cl)c2)CCCCC1O. The van der Waals surface area contributed by atoms with Crippen LogP contribution < -0.4 is 0 Å². The minimum atomic E-state index is -1.03. The van der Waals surface area contributed by atoms with Crippen LogP contribution in [0, 0.1) is 0 Å². The van der Waals surface area contributed by atoms with Crippen LogP contribution in [-0.2, 0) is 14.9 Å². The molecule has 0 bridgehead atoms. The first-order valence-electron chi connectivity index (χ1n) is 6.83. The second kappa shape index (κ2) is 6.33. The van der Waals surface area contributed by atoms with Crippen molar-refractivity contribution in [2.75, 3.05) is 6.61 Å². The van der Waals surface area contributed by atoms with Gasteiger partial charge in [0, 0.05) is 0 Å². The molecule has 0 aromatic heterocycles. The summed E-state index contributed by atoms with van der Waals surface area (Å²) in [5.74, 6) is -0.384. The second-order valence-electron chi connectivity index (χ2n) is 5.08. The lowest BCUT2D eigenvalue weighted by Gasteiger charge is -2.39. The van der Waals surface area contributed by atoms with Gasteiger partial charge in [-0.3, -0.25) is 4.79 Å². The van der Waals surface area contributed by atoms with Crippen LogP contribution in [0.15, 0.2) is 18.2 Å². The highest BCUT2D eigenvalue weighted by atomic mass is 35.5. The molecule has 110 valence electrons. The van der Waals surface area contributed by atoms with Gasteiger partial charge in [0.15, 0.2) is 0 Å². The molecule has 20 heavy (non-hydrogen) atoms. The molecule has 0 aliphatic heterocycles. The van der Waals surface area contributed by atoms with E-state index in [1.807, 2.05) is 0 Å². The third-order valence-electron chi connectivity index (χ3n) is 3.94. The van der Waals surface area contributed by atoms with Crippen LogP contribution in [0.25, 0.3) is 0 Å². The Hall–Kier alpha value is -0.770. The van der Waals surface area contributed by atoms with Gasteiger partial charge in [-0.1, -0.05) is 42.1 Å². The number of benzene rings is 1. The first-order chi connectivity index (χ1) is 9.52. The van der Waals surface area contributed by atoms with Gasteiger partial charge in [0.05, 0.1) is 22.8 Å². The maximum absolute atomic E-state index is 12.5. The van der Waals surface area contributed by atoms with Gasteiger partial charge in [0.25, 0.3) is 0 Å². The highest BCUT2D eigenvalue weighted by molar-refractivity contribution is 6.42. The number of aliphatic hydroxyl groups is 1. The summed E-state index contributed by atoms with van der Waals surface area (Å²) in [6.45, 7) is 2.05. The van der Waals surface area contributed by atoms with Gasteiger partial charge in [-0.15, -0.1) is 0 Å². The zero-order valence-electron chi connectivity index (χ0n) is 11.4. The van der Waals surface area contributed by atoms with E-state index in [4.69, 9.17) is 27.9 Å². The van der Waals surface area contributed by atoms with E-state index in [0.717, 1.165) is 12.8 Å². The van der Waals surface area contributed by atoms with E-state index in [-0.39, 0.29) is 12.6 Å². The van der Waals surface area contributed by atoms with Gasteiger partial charge in [0.2, 0.25) is 0 Å². The predicted octanol–water partition coefficient (Wildman–Crippen LogP) is 3.73. The topological polar surface area (TPSA) is 46.5 Å². The number of hydrogen-bond donors (Lipinski definition) is 1. The Balaban J connectivity index is 2.50. The molecule has 3 nitrogen and oxygen atoms in total. The van der Waals surface area contributed by atoms with Gasteiger partial charge < -0.3 is 9.84 Å². The molecule has 1 aliphatic carbocycles. The van der Waals surface area contributed by atoms with Gasteiger partial charge in [-0.25, -0.2) is 0 Å². The van der Waals surface area contributed by atoms with Crippen molar-refractivity contribution in [3.05, 3.63) is 33.8 Å². The van der Waals surface area contributed by atoms with E-state index in [1.54, 1.807) is 25.1 Å². The molecule has 0 radical (unpaired) electrons. The fraction of sp³-hybridized carbons (Fsp3) is 0.533. The number of hydrogen-bond acceptors (Lipinski definition) is 3. The number of aliphatic hydroxyl groups excluding tert-OH is 1. The Morgan fingerprint density at radius 3 is 2.75 bits per heavy atom. The summed E-state index contributed by atoms with van der Waals surface area (Å²) < 4.78 is 5.20. The molecule has 1 aromatic rings. The molecule has 0 heterocycles. The average Bonchev–Trinajstić information content (AvgIpc) is 2.43. The van der Waals surface area contributed by atoms with E-state index in [2.05, 4.69) is 0 Å². The van der Waals surface area contributed by atoms with Crippen LogP contribution in [0.4, 0.5) is 0 Å². The summed E-state index contributed by atoms with van der Waals surface area (Å²) in [6.07, 6.45) is 2.16. The van der Waals surface area contributed by atoms with Crippen LogP contribution in [-0.4, -0.2) is 23.8 Å². The van der Waals surface area contributed by atoms with E-state index in [0.29, 0.717) is 28.5 Å². The quantitative estimate of drug-likeness (QED) is 0.864. The lowest BCUT2D eigenvalue weighted by molar-refractivity contribution is -0.157. The van der Waals surface area contributed by atoms with Crippen LogP contribution >= 0.6 is 23.2 Å². The molecular formula is C15H18Cl2O3. The summed E-state index contributed by atoms with van der Waals surface area (Å²) in [7, 11) is 0. The first-order valence-corrected chi connectivity index (χ1v) is 7.58. The minimum Gasteiger partial charge on any atom is -0.465 e. The Morgan fingerprint density at radius 1 is 1.40 bits per heavy atom. The van der Waals surface area contributed by atoms with Crippen molar-refractivity contribution < 1.29 is 14.6 Å². The zero-order valence-corrected chi connectivity index (χ0v) is 12.9. The summed E-state index contributed by atoms with van der Waals surface area (Å²) >= 11 is 12.0. The number of ether oxygens (including phenoxy) is 1. The Labute approximate surface area is 128 Å². The van der Waals surface area contributed by atoms with Crippen molar-refractivity contribution in [2.24, 2.45) is 0 Å². The monoisotopic (exact) mass is 316 g/mol. The number of esters is 1. The highest BCUT2D eigenvalue weighted by Gasteiger charge is 2.49. The lowest BCUT2D eigenvalue weighted by atomic mass is 9.67. The van der Waals surface area contributed by atoms with Crippen molar-refractivity contribution in [1.29, 1.82) is 0 Å². The molecule has 1 N–H and O–H groups in total. The largest absolute Gasteiger partial charge is 0.465 e. The molecule has 0 amide bonds. The molecule has 1 fully saturated rings. The maximum atomic E-state index is 12.5. The molecule has 1 aromatic carbocycles. The van der Waals surface area contributed by atoms with Gasteiger partial charge >= 0.3 is 5.97 Å². The Kier molecular flexibility index (Phi) is 4.95. The van der Waals surface area contributed by atoms with E-state index in [1.165, 1.54) is 0 Å². The fourth-order valence-corrected chi connectivity index (χ4v) is 3.18. The number of carbonyl (C=O) groups is 1. The summed E-state index contributed by atoms with van der Waals surface area (Å²) in [5.41, 5.74) is -0.347. The molecule has 2 rings (SSSR count). The van der Waals surface area contributed by atoms with E-state index < -0.39 is 11.5 Å². The summed E-state index contributed by atoms with van der Waals surface area (Å²) in [5, 5.41) is 11.3. The number of carbonyl (C=O) groups excluding carboxylic acids is 1. The Morgan fingerprint density at radius 2 is 2.15 bits per heavy atom. The molecule has 5 heteroatoms. The zero-order chi connectivity index (χ0) is 14.8. The maximum Gasteiger partial charge on any atom is 0.319 e. The standard InChI is InChI=1S/C15H18Cl2O3/c1-2-20-14(19)15(8-4-3-5-13(15)18)10-6-7-11(16)12(17)9-10/h6-7,9,13,18H,2-5,8H2,1H3. The van der Waals surface area contributed by atoms with Gasteiger partial charge in [0.1, 0.15) is 5.41 Å². The van der Waals surface area contributed by atoms with Crippen molar-refractivity contribution >= 4 is 29.2 Å². The molecule has 0 saturated heterocycles. The summed E-state index contributed by atoms with van der Waals surface area (Å²) in [6, 6.07) is 5.07. The fourth-order valence-electron chi connectivity index (χ4n) is 2.88. The normalized spacial score (nSPS) is 26.3. The minimum absolute atomic E-state index is 0.286. The third-order valence-corrected chi connectivity index (χ3v) is 4.68. The van der Waals surface area contributed by atoms with Crippen molar-refractivity contribution in [3.63, 3.8) is 0 Å².